The summed E-state index contributed by atoms with van der Waals surface area (Å²) in [4.78, 5) is 20.4. The molecule has 0 bridgehead atoms. The van der Waals surface area contributed by atoms with Crippen molar-refractivity contribution in [3.63, 3.8) is 0 Å². The van der Waals surface area contributed by atoms with Gasteiger partial charge in [0.05, 0.1) is 30.4 Å². The Morgan fingerprint density at radius 3 is 2.61 bits per heavy atom. The number of carbonyl (C=O) groups is 1. The molecule has 0 unspecified atom stereocenters. The third kappa shape index (κ3) is 4.34. The summed E-state index contributed by atoms with van der Waals surface area (Å²) >= 11 is 0. The molecule has 162 valence electrons. The minimum atomic E-state index is -0.112. The second kappa shape index (κ2) is 8.40. The number of hydrogen-bond acceptors (Lipinski definition) is 5. The fraction of sp³-hybridized carbons (Fsp3) is 0.458. The van der Waals surface area contributed by atoms with E-state index < -0.39 is 0 Å². The van der Waals surface area contributed by atoms with E-state index in [0.29, 0.717) is 11.5 Å². The highest BCUT2D eigenvalue weighted by Gasteiger charge is 2.28. The minimum Gasteiger partial charge on any atom is -0.379 e. The van der Waals surface area contributed by atoms with E-state index in [2.05, 4.69) is 41.3 Å². The van der Waals surface area contributed by atoms with Crippen LogP contribution < -0.4 is 5.32 Å². The Morgan fingerprint density at radius 1 is 1.19 bits per heavy atom. The van der Waals surface area contributed by atoms with Gasteiger partial charge in [0.15, 0.2) is 5.65 Å². The predicted molar refractivity (Wildman–Crippen MR) is 120 cm³/mol. The molecular formula is C24H29N5O2. The number of aromatic nitrogens is 3. The number of carbonyl (C=O) groups excluding carboxylic acids is 1. The Balaban J connectivity index is 1.36. The molecule has 1 aliphatic heterocycles. The molecule has 3 heterocycles. The van der Waals surface area contributed by atoms with Crippen molar-refractivity contribution >= 4 is 22.6 Å². The molecular weight excluding hydrogens is 390 g/mol. The van der Waals surface area contributed by atoms with Crippen LogP contribution in [-0.2, 0) is 11.3 Å². The van der Waals surface area contributed by atoms with Crippen molar-refractivity contribution in [3.05, 3.63) is 53.3 Å². The molecule has 2 aliphatic rings. The van der Waals surface area contributed by atoms with E-state index in [9.17, 15) is 4.79 Å². The minimum absolute atomic E-state index is 0.112. The van der Waals surface area contributed by atoms with Crippen molar-refractivity contribution in [1.82, 2.24) is 19.7 Å². The van der Waals surface area contributed by atoms with Crippen molar-refractivity contribution in [2.75, 3.05) is 31.6 Å². The maximum absolute atomic E-state index is 13.2. The first kappa shape index (κ1) is 20.2. The smallest absolute Gasteiger partial charge is 0.256 e. The van der Waals surface area contributed by atoms with E-state index in [-0.39, 0.29) is 11.9 Å². The van der Waals surface area contributed by atoms with Crippen molar-refractivity contribution in [3.8, 4) is 0 Å². The molecule has 1 aliphatic carbocycles. The molecule has 0 radical (unpaired) electrons. The first-order valence-corrected chi connectivity index (χ1v) is 11.2. The number of pyridine rings is 1. The van der Waals surface area contributed by atoms with Crippen LogP contribution in [-0.4, -0.2) is 51.9 Å². The molecule has 7 nitrogen and oxygen atoms in total. The largest absolute Gasteiger partial charge is 0.379 e. The molecule has 1 N–H and O–H groups in total. The van der Waals surface area contributed by atoms with Gasteiger partial charge in [0.1, 0.15) is 0 Å². The second-order valence-electron chi connectivity index (χ2n) is 8.83. The van der Waals surface area contributed by atoms with Crippen LogP contribution in [0.1, 0.15) is 60.3 Å². The van der Waals surface area contributed by atoms with Gasteiger partial charge in [-0.3, -0.25) is 9.69 Å². The predicted octanol–water partition coefficient (Wildman–Crippen LogP) is 3.97. The Hall–Kier alpha value is -2.77. The van der Waals surface area contributed by atoms with Gasteiger partial charge < -0.3 is 10.1 Å². The molecule has 0 atom stereocenters. The van der Waals surface area contributed by atoms with Crippen LogP contribution in [0, 0.1) is 0 Å². The van der Waals surface area contributed by atoms with Crippen LogP contribution in [0.2, 0.25) is 0 Å². The lowest BCUT2D eigenvalue weighted by Gasteiger charge is -2.26. The van der Waals surface area contributed by atoms with Gasteiger partial charge in [0, 0.05) is 43.0 Å². The number of nitrogens with one attached hydrogen (secondary N) is 1. The van der Waals surface area contributed by atoms with Gasteiger partial charge in [-0.1, -0.05) is 12.1 Å². The van der Waals surface area contributed by atoms with Crippen molar-refractivity contribution < 1.29 is 9.53 Å². The zero-order valence-corrected chi connectivity index (χ0v) is 18.2. The molecule has 2 aromatic heterocycles. The molecule has 1 amide bonds. The molecule has 1 saturated heterocycles. The lowest BCUT2D eigenvalue weighted by molar-refractivity contribution is 0.0342. The number of benzene rings is 1. The van der Waals surface area contributed by atoms with Gasteiger partial charge in [-0.15, -0.1) is 0 Å². The summed E-state index contributed by atoms with van der Waals surface area (Å²) in [6.07, 6.45) is 4.04. The molecule has 2 fully saturated rings. The zero-order chi connectivity index (χ0) is 21.4. The first-order chi connectivity index (χ1) is 15.1. The topological polar surface area (TPSA) is 72.3 Å². The van der Waals surface area contributed by atoms with Gasteiger partial charge in [-0.25, -0.2) is 9.67 Å². The van der Waals surface area contributed by atoms with Crippen LogP contribution >= 0.6 is 0 Å². The fourth-order valence-corrected chi connectivity index (χ4v) is 4.10. The van der Waals surface area contributed by atoms with Crippen LogP contribution in [0.5, 0.6) is 0 Å². The van der Waals surface area contributed by atoms with Gasteiger partial charge in [0.2, 0.25) is 0 Å². The van der Waals surface area contributed by atoms with E-state index in [1.165, 1.54) is 5.56 Å². The Labute approximate surface area is 182 Å². The Morgan fingerprint density at radius 2 is 1.94 bits per heavy atom. The summed E-state index contributed by atoms with van der Waals surface area (Å²) in [5, 5.41) is 8.37. The number of fused-ring (bicyclic) bond motifs is 1. The maximum Gasteiger partial charge on any atom is 0.256 e. The maximum atomic E-state index is 13.2. The summed E-state index contributed by atoms with van der Waals surface area (Å²) in [5.74, 6) is 0.351. The Bertz CT molecular complexity index is 1080. The molecule has 1 aromatic carbocycles. The monoisotopic (exact) mass is 419 g/mol. The van der Waals surface area contributed by atoms with Crippen molar-refractivity contribution in [2.24, 2.45) is 0 Å². The van der Waals surface area contributed by atoms with Crippen LogP contribution in [0.25, 0.3) is 11.0 Å². The third-order valence-electron chi connectivity index (χ3n) is 6.04. The molecule has 3 aromatic rings. The average molecular weight is 420 g/mol. The zero-order valence-electron chi connectivity index (χ0n) is 18.2. The summed E-state index contributed by atoms with van der Waals surface area (Å²) in [7, 11) is 0. The fourth-order valence-electron chi connectivity index (χ4n) is 4.10. The second-order valence-corrected chi connectivity index (χ2v) is 8.83. The average Bonchev–Trinajstić information content (AvgIpc) is 3.54. The van der Waals surface area contributed by atoms with E-state index in [4.69, 9.17) is 9.72 Å². The van der Waals surface area contributed by atoms with Gasteiger partial charge in [-0.2, -0.15) is 5.10 Å². The van der Waals surface area contributed by atoms with E-state index >= 15 is 0 Å². The highest BCUT2D eigenvalue weighted by atomic mass is 16.5. The molecule has 7 heteroatoms. The summed E-state index contributed by atoms with van der Waals surface area (Å²) in [5.41, 5.74) is 4.48. The van der Waals surface area contributed by atoms with Gasteiger partial charge in [0.25, 0.3) is 5.91 Å². The van der Waals surface area contributed by atoms with Gasteiger partial charge >= 0.3 is 0 Å². The highest BCUT2D eigenvalue weighted by Crippen LogP contribution is 2.40. The first-order valence-electron chi connectivity index (χ1n) is 11.2. The molecule has 31 heavy (non-hydrogen) atoms. The lowest BCUT2D eigenvalue weighted by Crippen LogP contribution is -2.35. The SMILES string of the molecule is CC(C)n1ncc2c(C(=O)Nc3ccc(CN4CCOCC4)cc3)cc(C3CC3)nc21. The van der Waals surface area contributed by atoms with Crippen LogP contribution in [0.3, 0.4) is 0 Å². The summed E-state index contributed by atoms with van der Waals surface area (Å²) in [6.45, 7) is 8.58. The van der Waals surface area contributed by atoms with Crippen molar-refractivity contribution in [1.29, 1.82) is 0 Å². The van der Waals surface area contributed by atoms with E-state index in [1.54, 1.807) is 6.20 Å². The van der Waals surface area contributed by atoms with E-state index in [1.807, 2.05) is 22.9 Å². The number of nitrogens with zero attached hydrogens (tertiary/aromatic N) is 4. The third-order valence-corrected chi connectivity index (χ3v) is 6.04. The standard InChI is InChI=1S/C24H29N5O2/c1-16(2)29-23-21(14-25-29)20(13-22(27-23)18-5-6-18)24(30)26-19-7-3-17(4-8-19)15-28-9-11-31-12-10-28/h3-4,7-8,13-14,16,18H,5-6,9-12,15H2,1-2H3,(H,26,30). The Kier molecular flexibility index (Phi) is 5.46. The van der Waals surface area contributed by atoms with Crippen LogP contribution in [0.4, 0.5) is 5.69 Å². The quantitative estimate of drug-likeness (QED) is 0.654. The highest BCUT2D eigenvalue weighted by molar-refractivity contribution is 6.12. The normalized spacial score (nSPS) is 17.4. The molecule has 0 spiro atoms. The number of morpholine rings is 1. The number of rotatable bonds is 6. The number of amides is 1. The van der Waals surface area contributed by atoms with Crippen molar-refractivity contribution in [2.45, 2.75) is 45.2 Å². The lowest BCUT2D eigenvalue weighted by atomic mass is 10.1. The molecule has 1 saturated carbocycles. The van der Waals surface area contributed by atoms with Crippen LogP contribution in [0.15, 0.2) is 36.5 Å². The molecule has 5 rings (SSSR count). The van der Waals surface area contributed by atoms with E-state index in [0.717, 1.165) is 68.1 Å². The number of hydrogen-bond donors (Lipinski definition) is 1. The summed E-state index contributed by atoms with van der Waals surface area (Å²) < 4.78 is 7.32. The van der Waals surface area contributed by atoms with Gasteiger partial charge in [-0.05, 0) is 50.5 Å². The summed E-state index contributed by atoms with van der Waals surface area (Å²) in [6, 6.07) is 10.3. The number of anilines is 1. The number of ether oxygens (including phenoxy) is 1.